The number of nitrogens with one attached hydrogen (secondary N) is 1. The molecule has 1 N–H and O–H groups in total. The van der Waals surface area contributed by atoms with Crippen molar-refractivity contribution in [3.63, 3.8) is 0 Å². The maximum Gasteiger partial charge on any atom is 0.317 e. The van der Waals surface area contributed by atoms with Crippen molar-refractivity contribution in [3.05, 3.63) is 52.4 Å². The summed E-state index contributed by atoms with van der Waals surface area (Å²) in [7, 11) is 0. The molecule has 2 amide bonds. The third kappa shape index (κ3) is 5.08. The first-order valence-corrected chi connectivity index (χ1v) is 9.13. The van der Waals surface area contributed by atoms with Gasteiger partial charge in [-0.25, -0.2) is 9.78 Å². The lowest BCUT2D eigenvalue weighted by Crippen LogP contribution is -2.48. The Morgan fingerprint density at radius 1 is 1.31 bits per heavy atom. The van der Waals surface area contributed by atoms with Crippen molar-refractivity contribution in [2.75, 3.05) is 13.1 Å². The van der Waals surface area contributed by atoms with Crippen molar-refractivity contribution < 1.29 is 9.53 Å². The number of ether oxygens (including phenoxy) is 1. The molecule has 1 aliphatic rings. The van der Waals surface area contributed by atoms with Gasteiger partial charge in [-0.1, -0.05) is 23.7 Å². The Morgan fingerprint density at radius 2 is 2.08 bits per heavy atom. The van der Waals surface area contributed by atoms with Gasteiger partial charge >= 0.3 is 6.03 Å². The number of urea groups is 1. The number of carbonyl (C=O) groups excluding carboxylic acids is 1. The van der Waals surface area contributed by atoms with E-state index in [1.54, 1.807) is 4.90 Å². The fourth-order valence-electron chi connectivity index (χ4n) is 3.02. The quantitative estimate of drug-likeness (QED) is 0.889. The van der Waals surface area contributed by atoms with Gasteiger partial charge < -0.3 is 15.0 Å². The van der Waals surface area contributed by atoms with E-state index in [0.29, 0.717) is 29.8 Å². The number of hydrogen-bond acceptors (Lipinski definition) is 4. The second kappa shape index (κ2) is 8.36. The lowest BCUT2D eigenvalue weighted by molar-refractivity contribution is 0.0974. The first-order chi connectivity index (χ1) is 12.5. The molecule has 6 nitrogen and oxygen atoms in total. The van der Waals surface area contributed by atoms with Gasteiger partial charge in [0.05, 0.1) is 6.54 Å². The second-order valence-electron chi connectivity index (χ2n) is 6.51. The van der Waals surface area contributed by atoms with E-state index in [4.69, 9.17) is 16.3 Å². The lowest BCUT2D eigenvalue weighted by atomic mass is 10.1. The Balaban J connectivity index is 1.53. The SMILES string of the molecule is Cc1cc(OC2CCCN(C(=O)NCc3ccc(Cl)cc3)C2)nc(C)n1. The van der Waals surface area contributed by atoms with Gasteiger partial charge in [-0.2, -0.15) is 4.98 Å². The fraction of sp³-hybridized carbons (Fsp3) is 0.421. The van der Waals surface area contributed by atoms with E-state index in [1.807, 2.05) is 44.2 Å². The van der Waals surface area contributed by atoms with Crippen molar-refractivity contribution >= 4 is 17.6 Å². The number of amides is 2. The Labute approximate surface area is 158 Å². The van der Waals surface area contributed by atoms with Crippen LogP contribution in [0.2, 0.25) is 5.02 Å². The van der Waals surface area contributed by atoms with Crippen LogP contribution in [0.4, 0.5) is 4.79 Å². The predicted molar refractivity (Wildman–Crippen MR) is 100 cm³/mol. The van der Waals surface area contributed by atoms with Crippen LogP contribution in [0.3, 0.4) is 0 Å². The minimum atomic E-state index is -0.0803. The van der Waals surface area contributed by atoms with Gasteiger partial charge in [0.25, 0.3) is 0 Å². The maximum absolute atomic E-state index is 12.5. The van der Waals surface area contributed by atoms with E-state index in [-0.39, 0.29) is 12.1 Å². The molecule has 1 aromatic heterocycles. The number of likely N-dealkylation sites (tertiary alicyclic amines) is 1. The lowest BCUT2D eigenvalue weighted by Gasteiger charge is -2.32. The molecular weight excluding hydrogens is 352 g/mol. The average Bonchev–Trinajstić information content (AvgIpc) is 2.60. The Bertz CT molecular complexity index is 746. The molecule has 1 atom stereocenters. The molecule has 0 radical (unpaired) electrons. The predicted octanol–water partition coefficient (Wildman–Crippen LogP) is 3.50. The topological polar surface area (TPSA) is 67.3 Å². The molecule has 1 aliphatic heterocycles. The van der Waals surface area contributed by atoms with Gasteiger partial charge in [-0.15, -0.1) is 0 Å². The van der Waals surface area contributed by atoms with Gasteiger partial charge in [-0.05, 0) is 44.4 Å². The molecule has 0 aliphatic carbocycles. The normalized spacial score (nSPS) is 17.0. The number of aryl methyl sites for hydroxylation is 2. The number of rotatable bonds is 4. The summed E-state index contributed by atoms with van der Waals surface area (Å²) in [6.07, 6.45) is 1.75. The van der Waals surface area contributed by atoms with E-state index in [9.17, 15) is 4.79 Å². The van der Waals surface area contributed by atoms with Crippen LogP contribution < -0.4 is 10.1 Å². The van der Waals surface area contributed by atoms with E-state index in [1.165, 1.54) is 0 Å². The van der Waals surface area contributed by atoms with E-state index < -0.39 is 0 Å². The molecule has 1 fully saturated rings. The number of nitrogens with zero attached hydrogens (tertiary/aromatic N) is 3. The minimum Gasteiger partial charge on any atom is -0.472 e. The van der Waals surface area contributed by atoms with Crippen molar-refractivity contribution in [2.45, 2.75) is 39.3 Å². The monoisotopic (exact) mass is 374 g/mol. The number of carbonyl (C=O) groups is 1. The molecule has 0 bridgehead atoms. The van der Waals surface area contributed by atoms with E-state index in [2.05, 4.69) is 15.3 Å². The van der Waals surface area contributed by atoms with Gasteiger partial charge in [0, 0.05) is 29.9 Å². The molecule has 3 rings (SSSR count). The summed E-state index contributed by atoms with van der Waals surface area (Å²) in [5.74, 6) is 1.26. The zero-order valence-electron chi connectivity index (χ0n) is 15.0. The Hall–Kier alpha value is -2.34. The maximum atomic E-state index is 12.5. The van der Waals surface area contributed by atoms with Gasteiger partial charge in [0.2, 0.25) is 5.88 Å². The first-order valence-electron chi connectivity index (χ1n) is 8.76. The van der Waals surface area contributed by atoms with Crippen LogP contribution in [0, 0.1) is 13.8 Å². The minimum absolute atomic E-state index is 0.0567. The van der Waals surface area contributed by atoms with Gasteiger partial charge in [-0.3, -0.25) is 0 Å². The Kier molecular flexibility index (Phi) is 5.93. The summed E-state index contributed by atoms with van der Waals surface area (Å²) in [4.78, 5) is 22.8. The highest BCUT2D eigenvalue weighted by molar-refractivity contribution is 6.30. The van der Waals surface area contributed by atoms with Crippen molar-refractivity contribution in [2.24, 2.45) is 0 Å². The number of halogens is 1. The summed E-state index contributed by atoms with van der Waals surface area (Å²) in [5.41, 5.74) is 1.89. The highest BCUT2D eigenvalue weighted by Crippen LogP contribution is 2.18. The Morgan fingerprint density at radius 3 is 2.81 bits per heavy atom. The van der Waals surface area contributed by atoms with Crippen LogP contribution in [0.1, 0.15) is 29.9 Å². The molecule has 138 valence electrons. The smallest absolute Gasteiger partial charge is 0.317 e. The molecule has 26 heavy (non-hydrogen) atoms. The van der Waals surface area contributed by atoms with Crippen LogP contribution in [0.25, 0.3) is 0 Å². The molecule has 1 unspecified atom stereocenters. The zero-order chi connectivity index (χ0) is 18.5. The summed E-state index contributed by atoms with van der Waals surface area (Å²) in [6.45, 7) is 5.52. The van der Waals surface area contributed by atoms with Crippen LogP contribution in [0.15, 0.2) is 30.3 Å². The van der Waals surface area contributed by atoms with Crippen molar-refractivity contribution in [3.8, 4) is 5.88 Å². The van der Waals surface area contributed by atoms with Crippen molar-refractivity contribution in [1.29, 1.82) is 0 Å². The summed E-state index contributed by atoms with van der Waals surface area (Å²) < 4.78 is 5.99. The van der Waals surface area contributed by atoms with Crippen LogP contribution in [0.5, 0.6) is 5.88 Å². The number of benzene rings is 1. The van der Waals surface area contributed by atoms with Crippen LogP contribution in [-0.2, 0) is 6.54 Å². The van der Waals surface area contributed by atoms with Gasteiger partial charge in [0.15, 0.2) is 0 Å². The molecule has 0 spiro atoms. The molecule has 2 heterocycles. The molecule has 2 aromatic rings. The zero-order valence-corrected chi connectivity index (χ0v) is 15.8. The standard InChI is InChI=1S/C19H23ClN4O2/c1-13-10-18(23-14(2)22-13)26-17-4-3-9-24(12-17)19(25)21-11-15-5-7-16(20)8-6-15/h5-8,10,17H,3-4,9,11-12H2,1-2H3,(H,21,25). The van der Waals surface area contributed by atoms with Crippen LogP contribution in [-0.4, -0.2) is 40.1 Å². The molecule has 1 saturated heterocycles. The molecule has 7 heteroatoms. The summed E-state index contributed by atoms with van der Waals surface area (Å²) >= 11 is 5.88. The number of aromatic nitrogens is 2. The number of hydrogen-bond donors (Lipinski definition) is 1. The molecule has 0 saturated carbocycles. The first kappa shape index (κ1) is 18.5. The molecule has 1 aromatic carbocycles. The fourth-order valence-corrected chi connectivity index (χ4v) is 3.15. The van der Waals surface area contributed by atoms with Gasteiger partial charge in [0.1, 0.15) is 11.9 Å². The highest BCUT2D eigenvalue weighted by Gasteiger charge is 2.25. The highest BCUT2D eigenvalue weighted by atomic mass is 35.5. The average molecular weight is 375 g/mol. The number of piperidine rings is 1. The third-order valence-electron chi connectivity index (χ3n) is 4.25. The largest absolute Gasteiger partial charge is 0.472 e. The third-order valence-corrected chi connectivity index (χ3v) is 4.50. The second-order valence-corrected chi connectivity index (χ2v) is 6.94. The summed E-state index contributed by atoms with van der Waals surface area (Å²) in [6, 6.07) is 9.20. The van der Waals surface area contributed by atoms with E-state index in [0.717, 1.165) is 30.6 Å². The molecular formula is C19H23ClN4O2. The van der Waals surface area contributed by atoms with Crippen molar-refractivity contribution in [1.82, 2.24) is 20.2 Å². The van der Waals surface area contributed by atoms with Crippen LogP contribution >= 0.6 is 11.6 Å². The summed E-state index contributed by atoms with van der Waals surface area (Å²) in [5, 5.41) is 3.64. The van der Waals surface area contributed by atoms with E-state index >= 15 is 0 Å².